The highest BCUT2D eigenvalue weighted by Gasteiger charge is 2.12. The van der Waals surface area contributed by atoms with Crippen LogP contribution in [-0.2, 0) is 10.0 Å². The van der Waals surface area contributed by atoms with E-state index in [9.17, 15) is 8.42 Å². The van der Waals surface area contributed by atoms with Crippen molar-refractivity contribution >= 4 is 27.3 Å². The maximum absolute atomic E-state index is 11.3. The van der Waals surface area contributed by atoms with Crippen LogP contribution >= 0.6 is 11.6 Å². The van der Waals surface area contributed by atoms with Crippen LogP contribution in [0.2, 0.25) is 5.02 Å². The molecule has 0 aliphatic rings. The van der Waals surface area contributed by atoms with Crippen LogP contribution in [0.5, 0.6) is 11.5 Å². The van der Waals surface area contributed by atoms with E-state index in [0.29, 0.717) is 10.8 Å². The number of rotatable bonds is 3. The lowest BCUT2D eigenvalue weighted by molar-refractivity contribution is 0.483. The summed E-state index contributed by atoms with van der Waals surface area (Å²) in [6.45, 7) is 0. The van der Waals surface area contributed by atoms with Crippen molar-refractivity contribution in [1.29, 1.82) is 0 Å². The van der Waals surface area contributed by atoms with Crippen molar-refractivity contribution < 1.29 is 13.2 Å². The summed E-state index contributed by atoms with van der Waals surface area (Å²) in [6, 6.07) is 10.8. The second-order valence-corrected chi connectivity index (χ2v) is 5.75. The third kappa shape index (κ3) is 3.17. The SMILES string of the molecule is Nc1ccc(S(N)(=O)=O)cc1Oc1ccccc1Cl. The Labute approximate surface area is 115 Å². The second-order valence-electron chi connectivity index (χ2n) is 3.78. The summed E-state index contributed by atoms with van der Waals surface area (Å²) in [5.74, 6) is 0.557. The lowest BCUT2D eigenvalue weighted by Gasteiger charge is -2.10. The van der Waals surface area contributed by atoms with Gasteiger partial charge in [-0.1, -0.05) is 23.7 Å². The molecule has 2 aromatic rings. The molecule has 0 aliphatic heterocycles. The van der Waals surface area contributed by atoms with Gasteiger partial charge in [-0.2, -0.15) is 0 Å². The predicted molar refractivity (Wildman–Crippen MR) is 73.8 cm³/mol. The number of primary sulfonamides is 1. The van der Waals surface area contributed by atoms with Gasteiger partial charge >= 0.3 is 0 Å². The highest BCUT2D eigenvalue weighted by molar-refractivity contribution is 7.89. The number of nitrogen functional groups attached to an aromatic ring is 1. The first-order valence-electron chi connectivity index (χ1n) is 5.22. The zero-order valence-corrected chi connectivity index (χ0v) is 11.3. The van der Waals surface area contributed by atoms with E-state index in [1.165, 1.54) is 18.2 Å². The molecule has 2 rings (SSSR count). The maximum Gasteiger partial charge on any atom is 0.238 e. The highest BCUT2D eigenvalue weighted by Crippen LogP contribution is 2.33. The zero-order chi connectivity index (χ0) is 14.0. The highest BCUT2D eigenvalue weighted by atomic mass is 35.5. The third-order valence-corrected chi connectivity index (χ3v) is 3.59. The average molecular weight is 299 g/mol. The van der Waals surface area contributed by atoms with E-state index in [0.717, 1.165) is 0 Å². The number of halogens is 1. The monoisotopic (exact) mass is 298 g/mol. The fraction of sp³-hybridized carbons (Fsp3) is 0. The summed E-state index contributed by atoms with van der Waals surface area (Å²) in [5.41, 5.74) is 6.01. The Morgan fingerprint density at radius 3 is 2.37 bits per heavy atom. The summed E-state index contributed by atoms with van der Waals surface area (Å²) in [7, 11) is -3.81. The molecule has 0 radical (unpaired) electrons. The Morgan fingerprint density at radius 2 is 1.74 bits per heavy atom. The molecule has 4 N–H and O–H groups in total. The molecule has 0 unspecified atom stereocenters. The summed E-state index contributed by atoms with van der Waals surface area (Å²) in [4.78, 5) is -0.0799. The van der Waals surface area contributed by atoms with Gasteiger partial charge in [-0.25, -0.2) is 13.6 Å². The molecule has 0 spiro atoms. The number of hydrogen-bond donors (Lipinski definition) is 2. The molecule has 0 bridgehead atoms. The predicted octanol–water partition coefficient (Wildman–Crippen LogP) is 2.36. The van der Waals surface area contributed by atoms with E-state index >= 15 is 0 Å². The molecule has 0 amide bonds. The molecule has 0 fully saturated rings. The zero-order valence-electron chi connectivity index (χ0n) is 9.71. The standard InChI is InChI=1S/C12H11ClN2O3S/c13-9-3-1-2-4-11(9)18-12-7-8(19(15,16)17)5-6-10(12)14/h1-7H,14H2,(H2,15,16,17). The minimum absolute atomic E-state index is 0.0799. The molecule has 0 heterocycles. The largest absolute Gasteiger partial charge is 0.454 e. The minimum Gasteiger partial charge on any atom is -0.454 e. The molecule has 5 nitrogen and oxygen atoms in total. The van der Waals surface area contributed by atoms with Crippen molar-refractivity contribution in [2.24, 2.45) is 5.14 Å². The normalized spacial score (nSPS) is 11.3. The van der Waals surface area contributed by atoms with Crippen molar-refractivity contribution in [2.75, 3.05) is 5.73 Å². The van der Waals surface area contributed by atoms with E-state index in [1.807, 2.05) is 0 Å². The summed E-state index contributed by atoms with van der Waals surface area (Å²) < 4.78 is 28.0. The first-order valence-corrected chi connectivity index (χ1v) is 7.15. The van der Waals surface area contributed by atoms with Crippen molar-refractivity contribution in [3.8, 4) is 11.5 Å². The molecular formula is C12H11ClN2O3S. The van der Waals surface area contributed by atoms with Gasteiger partial charge in [-0.15, -0.1) is 0 Å². The molecule has 7 heteroatoms. The Bertz CT molecular complexity index is 717. The number of nitrogens with two attached hydrogens (primary N) is 2. The maximum atomic E-state index is 11.3. The summed E-state index contributed by atoms with van der Waals surface area (Å²) in [5, 5.41) is 5.44. The first-order chi connectivity index (χ1) is 8.88. The smallest absolute Gasteiger partial charge is 0.238 e. The van der Waals surface area contributed by atoms with Gasteiger partial charge in [0.15, 0.2) is 5.75 Å². The minimum atomic E-state index is -3.81. The number of ether oxygens (including phenoxy) is 1. The number of benzene rings is 2. The molecule has 0 atom stereocenters. The summed E-state index contributed by atoms with van der Waals surface area (Å²) in [6.07, 6.45) is 0. The number of anilines is 1. The number of hydrogen-bond acceptors (Lipinski definition) is 4. The molecular weight excluding hydrogens is 288 g/mol. The van der Waals surface area contributed by atoms with Crippen molar-refractivity contribution in [3.05, 3.63) is 47.5 Å². The van der Waals surface area contributed by atoms with Gasteiger partial charge in [-0.3, -0.25) is 0 Å². The topological polar surface area (TPSA) is 95.4 Å². The lowest BCUT2D eigenvalue weighted by Crippen LogP contribution is -2.12. The Balaban J connectivity index is 2.43. The van der Waals surface area contributed by atoms with Gasteiger partial charge < -0.3 is 10.5 Å². The van der Waals surface area contributed by atoms with Crippen molar-refractivity contribution in [2.45, 2.75) is 4.90 Å². The van der Waals surface area contributed by atoms with Crippen LogP contribution in [0.3, 0.4) is 0 Å². The van der Waals surface area contributed by atoms with Crippen LogP contribution in [0.4, 0.5) is 5.69 Å². The van der Waals surface area contributed by atoms with Crippen molar-refractivity contribution in [3.63, 3.8) is 0 Å². The summed E-state index contributed by atoms with van der Waals surface area (Å²) >= 11 is 5.95. The van der Waals surface area contributed by atoms with Crippen LogP contribution in [0.15, 0.2) is 47.4 Å². The molecule has 0 saturated carbocycles. The van der Waals surface area contributed by atoms with E-state index in [4.69, 9.17) is 27.2 Å². The van der Waals surface area contributed by atoms with Crippen LogP contribution in [0.25, 0.3) is 0 Å². The molecule has 2 aromatic carbocycles. The van der Waals surface area contributed by atoms with Crippen LogP contribution in [0.1, 0.15) is 0 Å². The van der Waals surface area contributed by atoms with Crippen LogP contribution in [-0.4, -0.2) is 8.42 Å². The van der Waals surface area contributed by atoms with Gasteiger partial charge in [0.2, 0.25) is 10.0 Å². The van der Waals surface area contributed by atoms with Crippen LogP contribution < -0.4 is 15.6 Å². The van der Waals surface area contributed by atoms with E-state index in [-0.39, 0.29) is 16.3 Å². The van der Waals surface area contributed by atoms with E-state index in [1.54, 1.807) is 24.3 Å². The first kappa shape index (κ1) is 13.7. The van der Waals surface area contributed by atoms with Gasteiger partial charge in [0.05, 0.1) is 15.6 Å². The molecule has 0 aromatic heterocycles. The Morgan fingerprint density at radius 1 is 1.05 bits per heavy atom. The fourth-order valence-corrected chi connectivity index (χ4v) is 2.13. The van der Waals surface area contributed by atoms with Crippen molar-refractivity contribution in [1.82, 2.24) is 0 Å². The molecule has 19 heavy (non-hydrogen) atoms. The molecule has 0 aliphatic carbocycles. The second kappa shape index (κ2) is 5.08. The van der Waals surface area contributed by atoms with E-state index in [2.05, 4.69) is 0 Å². The lowest BCUT2D eigenvalue weighted by atomic mass is 10.3. The van der Waals surface area contributed by atoms with E-state index < -0.39 is 10.0 Å². The molecule has 0 saturated heterocycles. The Hall–Kier alpha value is -1.76. The van der Waals surface area contributed by atoms with Gasteiger partial charge in [0.25, 0.3) is 0 Å². The van der Waals surface area contributed by atoms with Gasteiger partial charge in [0, 0.05) is 6.07 Å². The quantitative estimate of drug-likeness (QED) is 0.850. The van der Waals surface area contributed by atoms with Gasteiger partial charge in [-0.05, 0) is 24.3 Å². The molecule has 100 valence electrons. The number of sulfonamides is 1. The fourth-order valence-electron chi connectivity index (χ4n) is 1.43. The Kier molecular flexibility index (Phi) is 3.66. The van der Waals surface area contributed by atoms with Gasteiger partial charge in [0.1, 0.15) is 5.75 Å². The van der Waals surface area contributed by atoms with Crippen LogP contribution in [0, 0.1) is 0 Å². The average Bonchev–Trinajstić information content (AvgIpc) is 2.33. The third-order valence-electron chi connectivity index (χ3n) is 2.37. The number of para-hydroxylation sites is 1.